The van der Waals surface area contributed by atoms with Crippen LogP contribution in [0.1, 0.15) is 0 Å². The molecule has 1 aromatic carbocycles. The van der Waals surface area contributed by atoms with Gasteiger partial charge in [-0.3, -0.25) is 10.1 Å². The van der Waals surface area contributed by atoms with Crippen molar-refractivity contribution in [1.82, 2.24) is 4.98 Å². The van der Waals surface area contributed by atoms with Gasteiger partial charge in [-0.05, 0) is 30.3 Å². The summed E-state index contributed by atoms with van der Waals surface area (Å²) in [6.45, 7) is 0. The number of nitro groups is 1. The fourth-order valence-corrected chi connectivity index (χ4v) is 2.59. The van der Waals surface area contributed by atoms with E-state index in [0.717, 1.165) is 9.37 Å². The van der Waals surface area contributed by atoms with E-state index in [1.807, 2.05) is 24.3 Å². The van der Waals surface area contributed by atoms with Crippen LogP contribution in [0.15, 0.2) is 50.8 Å². The number of hydrogen-bond donors (Lipinski definition) is 0. The lowest BCUT2D eigenvalue weighted by Gasteiger charge is -2.02. The van der Waals surface area contributed by atoms with Gasteiger partial charge < -0.3 is 0 Å². The fourth-order valence-electron chi connectivity index (χ4n) is 1.24. The molecule has 0 amide bonds. The van der Waals surface area contributed by atoms with E-state index in [-0.39, 0.29) is 15.9 Å². The maximum Gasteiger partial charge on any atom is 0.301 e. The van der Waals surface area contributed by atoms with Crippen LogP contribution in [0.2, 0.25) is 5.15 Å². The van der Waals surface area contributed by atoms with E-state index in [9.17, 15) is 10.1 Å². The third kappa shape index (κ3) is 3.22. The highest BCUT2D eigenvalue weighted by Crippen LogP contribution is 2.34. The van der Waals surface area contributed by atoms with Crippen LogP contribution in [0.3, 0.4) is 0 Å². The van der Waals surface area contributed by atoms with E-state index >= 15 is 0 Å². The third-order valence-electron chi connectivity index (χ3n) is 2.03. The molecule has 4 nitrogen and oxygen atoms in total. The molecule has 0 saturated heterocycles. The quantitative estimate of drug-likeness (QED) is 0.465. The highest BCUT2D eigenvalue weighted by Gasteiger charge is 2.16. The smallest absolute Gasteiger partial charge is 0.258 e. The standard InChI is InChI=1S/C11H6BrClN2O2S/c12-7-1-3-8(4-2-7)18-11-9(15(16)17)5-6-10(13)14-11/h1-6H. The Kier molecular flexibility index (Phi) is 4.21. The molecule has 2 rings (SSSR count). The highest BCUT2D eigenvalue weighted by atomic mass is 79.9. The van der Waals surface area contributed by atoms with Crippen LogP contribution in [0.5, 0.6) is 0 Å². The molecule has 0 fully saturated rings. The number of halogens is 2. The summed E-state index contributed by atoms with van der Waals surface area (Å²) in [4.78, 5) is 15.3. The molecule has 7 heteroatoms. The van der Waals surface area contributed by atoms with Gasteiger partial charge in [0.2, 0.25) is 0 Å². The Morgan fingerprint density at radius 3 is 2.50 bits per heavy atom. The van der Waals surface area contributed by atoms with E-state index in [4.69, 9.17) is 11.6 Å². The minimum absolute atomic E-state index is 0.0488. The maximum atomic E-state index is 10.9. The molecule has 0 N–H and O–H groups in total. The summed E-state index contributed by atoms with van der Waals surface area (Å²) < 4.78 is 0.945. The zero-order valence-corrected chi connectivity index (χ0v) is 12.0. The van der Waals surface area contributed by atoms with Crippen LogP contribution in [-0.2, 0) is 0 Å². The Morgan fingerprint density at radius 1 is 1.22 bits per heavy atom. The first-order valence-electron chi connectivity index (χ1n) is 4.80. The summed E-state index contributed by atoms with van der Waals surface area (Å²) in [5.74, 6) is 0. The molecule has 0 bridgehead atoms. The van der Waals surface area contributed by atoms with Crippen LogP contribution in [0.4, 0.5) is 5.69 Å². The van der Waals surface area contributed by atoms with Gasteiger partial charge in [-0.2, -0.15) is 0 Å². The largest absolute Gasteiger partial charge is 0.301 e. The number of benzene rings is 1. The summed E-state index contributed by atoms with van der Waals surface area (Å²) in [5, 5.41) is 11.4. The van der Waals surface area contributed by atoms with Crippen molar-refractivity contribution in [3.05, 3.63) is 56.1 Å². The number of pyridine rings is 1. The van der Waals surface area contributed by atoms with Gasteiger partial charge in [-0.1, -0.05) is 39.3 Å². The Morgan fingerprint density at radius 2 is 1.89 bits per heavy atom. The lowest BCUT2D eigenvalue weighted by molar-refractivity contribution is -0.388. The Labute approximate surface area is 121 Å². The predicted molar refractivity (Wildman–Crippen MR) is 74.2 cm³/mol. The molecule has 0 atom stereocenters. The molecule has 0 aliphatic rings. The van der Waals surface area contributed by atoms with Crippen molar-refractivity contribution in [1.29, 1.82) is 0 Å². The first-order chi connectivity index (χ1) is 8.56. The SMILES string of the molecule is O=[N+]([O-])c1ccc(Cl)nc1Sc1ccc(Br)cc1. The van der Waals surface area contributed by atoms with E-state index in [1.165, 1.54) is 23.9 Å². The first-order valence-corrected chi connectivity index (χ1v) is 6.79. The highest BCUT2D eigenvalue weighted by molar-refractivity contribution is 9.10. The van der Waals surface area contributed by atoms with Crippen molar-refractivity contribution in [2.75, 3.05) is 0 Å². The normalized spacial score (nSPS) is 10.3. The minimum Gasteiger partial charge on any atom is -0.258 e. The Hall–Kier alpha value is -1.11. The second-order valence-corrected chi connectivity index (χ2v) is 5.64. The van der Waals surface area contributed by atoms with Crippen LogP contribution < -0.4 is 0 Å². The number of rotatable bonds is 3. The summed E-state index contributed by atoms with van der Waals surface area (Å²) >= 11 is 10.3. The van der Waals surface area contributed by atoms with Crippen molar-refractivity contribution >= 4 is 45.0 Å². The Balaban J connectivity index is 2.35. The average molecular weight is 346 g/mol. The van der Waals surface area contributed by atoms with Crippen molar-refractivity contribution in [2.45, 2.75) is 9.92 Å². The lowest BCUT2D eigenvalue weighted by Crippen LogP contribution is -1.93. The second-order valence-electron chi connectivity index (χ2n) is 3.27. The third-order valence-corrected chi connectivity index (χ3v) is 3.77. The van der Waals surface area contributed by atoms with Gasteiger partial charge >= 0.3 is 5.69 Å². The molecule has 0 radical (unpaired) electrons. The molecule has 2 aromatic rings. The number of nitrogens with zero attached hydrogens (tertiary/aromatic N) is 2. The predicted octanol–water partition coefficient (Wildman–Crippen LogP) is 4.56. The minimum atomic E-state index is -0.468. The number of hydrogen-bond acceptors (Lipinski definition) is 4. The molecule has 18 heavy (non-hydrogen) atoms. The molecule has 0 saturated carbocycles. The molecule has 0 aliphatic heterocycles. The molecule has 92 valence electrons. The van der Waals surface area contributed by atoms with Crippen LogP contribution in [0.25, 0.3) is 0 Å². The van der Waals surface area contributed by atoms with Crippen molar-refractivity contribution < 1.29 is 4.92 Å². The first kappa shape index (κ1) is 13.3. The van der Waals surface area contributed by atoms with Crippen molar-refractivity contribution in [2.24, 2.45) is 0 Å². The fraction of sp³-hybridized carbons (Fsp3) is 0. The second kappa shape index (κ2) is 5.69. The van der Waals surface area contributed by atoms with Gasteiger partial charge in [-0.15, -0.1) is 0 Å². The van der Waals surface area contributed by atoms with E-state index in [2.05, 4.69) is 20.9 Å². The summed E-state index contributed by atoms with van der Waals surface area (Å²) in [5.41, 5.74) is -0.0488. The molecule has 0 spiro atoms. The van der Waals surface area contributed by atoms with Gasteiger partial charge in [0.25, 0.3) is 0 Å². The van der Waals surface area contributed by atoms with Gasteiger partial charge in [-0.25, -0.2) is 4.98 Å². The van der Waals surface area contributed by atoms with Gasteiger partial charge in [0.05, 0.1) is 4.92 Å². The van der Waals surface area contributed by atoms with E-state index in [0.29, 0.717) is 0 Å². The average Bonchev–Trinajstić information content (AvgIpc) is 2.32. The molecule has 1 heterocycles. The molecule has 0 aliphatic carbocycles. The van der Waals surface area contributed by atoms with Crippen LogP contribution in [-0.4, -0.2) is 9.91 Å². The van der Waals surface area contributed by atoms with Gasteiger partial charge in [0, 0.05) is 15.4 Å². The Bertz CT molecular complexity index is 592. The topological polar surface area (TPSA) is 56.0 Å². The van der Waals surface area contributed by atoms with Gasteiger partial charge in [0.15, 0.2) is 5.03 Å². The maximum absolute atomic E-state index is 10.9. The van der Waals surface area contributed by atoms with E-state index in [1.54, 1.807) is 0 Å². The summed E-state index contributed by atoms with van der Waals surface area (Å²) in [6, 6.07) is 10.2. The zero-order valence-electron chi connectivity index (χ0n) is 8.84. The zero-order chi connectivity index (χ0) is 13.1. The molecule has 1 aromatic heterocycles. The van der Waals surface area contributed by atoms with E-state index < -0.39 is 4.92 Å². The molecule has 0 unspecified atom stereocenters. The van der Waals surface area contributed by atoms with Crippen LogP contribution in [0, 0.1) is 10.1 Å². The van der Waals surface area contributed by atoms with Crippen molar-refractivity contribution in [3.63, 3.8) is 0 Å². The monoisotopic (exact) mass is 344 g/mol. The van der Waals surface area contributed by atoms with Crippen LogP contribution >= 0.6 is 39.3 Å². The summed E-state index contributed by atoms with van der Waals surface area (Å²) in [7, 11) is 0. The van der Waals surface area contributed by atoms with Crippen molar-refractivity contribution in [3.8, 4) is 0 Å². The number of aromatic nitrogens is 1. The van der Waals surface area contributed by atoms with Gasteiger partial charge in [0.1, 0.15) is 5.15 Å². The molecular formula is C11H6BrClN2O2S. The summed E-state index contributed by atoms with van der Waals surface area (Å²) in [6.07, 6.45) is 0. The molecular weight excluding hydrogens is 340 g/mol. The lowest BCUT2D eigenvalue weighted by atomic mass is 10.4.